The molecule has 1 saturated heterocycles. The number of carbonyl (C=O) groups is 2. The van der Waals surface area contributed by atoms with Crippen molar-refractivity contribution in [2.24, 2.45) is 5.92 Å². The quantitative estimate of drug-likeness (QED) is 0.272. The molecule has 9 heteroatoms. The molecule has 3 aromatic carbocycles. The molecule has 0 unspecified atom stereocenters. The fourth-order valence-electron chi connectivity index (χ4n) is 5.92. The second kappa shape index (κ2) is 14.8. The zero-order valence-electron chi connectivity index (χ0n) is 25.2. The highest BCUT2D eigenvalue weighted by atomic mass is 32.2. The Morgan fingerprint density at radius 2 is 1.74 bits per heavy atom. The van der Waals surface area contributed by atoms with Crippen LogP contribution in [0.25, 0.3) is 11.1 Å². The fourth-order valence-corrected chi connectivity index (χ4v) is 6.58. The number of nitrogens with one attached hydrogen (secondary N) is 1. The normalized spacial score (nSPS) is 17.9. The zero-order valence-corrected chi connectivity index (χ0v) is 26.0. The molecule has 230 valence electrons. The van der Waals surface area contributed by atoms with Gasteiger partial charge >= 0.3 is 5.97 Å². The number of methoxy groups -OCH3 is 1. The van der Waals surface area contributed by atoms with Crippen LogP contribution in [-0.4, -0.2) is 74.7 Å². The number of hydrogen-bond acceptors (Lipinski definition) is 6. The van der Waals surface area contributed by atoms with E-state index in [-0.39, 0.29) is 12.2 Å². The summed E-state index contributed by atoms with van der Waals surface area (Å²) in [5.41, 5.74) is 5.32. The van der Waals surface area contributed by atoms with Gasteiger partial charge in [0.05, 0.1) is 12.4 Å². The fraction of sp³-hybridized carbons (Fsp3) is 0.412. The Bertz CT molecular complexity index is 1510. The monoisotopic (exact) mass is 606 g/mol. The number of sulfone groups is 1. The highest BCUT2D eigenvalue weighted by molar-refractivity contribution is 7.90. The van der Waals surface area contributed by atoms with Crippen molar-refractivity contribution < 1.29 is 27.9 Å². The van der Waals surface area contributed by atoms with Crippen molar-refractivity contribution in [2.45, 2.75) is 51.2 Å². The van der Waals surface area contributed by atoms with E-state index in [2.05, 4.69) is 34.5 Å². The summed E-state index contributed by atoms with van der Waals surface area (Å²) in [6.07, 6.45) is 4.06. The van der Waals surface area contributed by atoms with Crippen LogP contribution in [0.15, 0.2) is 72.8 Å². The maximum absolute atomic E-state index is 13.5. The van der Waals surface area contributed by atoms with Gasteiger partial charge in [-0.25, -0.2) is 13.2 Å². The Labute approximate surface area is 255 Å². The van der Waals surface area contributed by atoms with E-state index in [1.165, 1.54) is 5.56 Å². The van der Waals surface area contributed by atoms with E-state index in [0.29, 0.717) is 36.2 Å². The van der Waals surface area contributed by atoms with Crippen LogP contribution in [0.1, 0.15) is 46.3 Å². The summed E-state index contributed by atoms with van der Waals surface area (Å²) in [7, 11) is -1.65. The van der Waals surface area contributed by atoms with Crippen LogP contribution in [0, 0.1) is 12.8 Å². The van der Waals surface area contributed by atoms with E-state index in [1.807, 2.05) is 49.4 Å². The molecule has 8 nitrogen and oxygen atoms in total. The molecule has 4 rings (SSSR count). The highest BCUT2D eigenvalue weighted by Gasteiger charge is 2.32. The second-order valence-corrected chi connectivity index (χ2v) is 13.9. The topological polar surface area (TPSA) is 113 Å². The van der Waals surface area contributed by atoms with Gasteiger partial charge in [0.15, 0.2) is 0 Å². The van der Waals surface area contributed by atoms with E-state index < -0.39 is 27.8 Å². The number of nitrogens with zero attached hydrogens (tertiary/aromatic N) is 1. The number of likely N-dealkylation sites (tertiary alicyclic amines) is 1. The van der Waals surface area contributed by atoms with Crippen molar-refractivity contribution in [3.05, 3.63) is 95.1 Å². The molecule has 0 aromatic heterocycles. The number of carboxylic acids is 1. The lowest BCUT2D eigenvalue weighted by Crippen LogP contribution is -2.42. The van der Waals surface area contributed by atoms with Crippen LogP contribution in [0.3, 0.4) is 0 Å². The maximum atomic E-state index is 13.5. The van der Waals surface area contributed by atoms with Gasteiger partial charge < -0.3 is 15.2 Å². The number of benzene rings is 3. The summed E-state index contributed by atoms with van der Waals surface area (Å²) in [6.45, 7) is 4.28. The van der Waals surface area contributed by atoms with Gasteiger partial charge in [0, 0.05) is 38.1 Å². The van der Waals surface area contributed by atoms with Crippen LogP contribution in [0.2, 0.25) is 0 Å². The van der Waals surface area contributed by atoms with E-state index in [0.717, 1.165) is 48.8 Å². The first-order chi connectivity index (χ1) is 20.5. The molecule has 0 saturated carbocycles. The number of ether oxygens (including phenoxy) is 1. The number of carboxylic acid groups (broad SMARTS) is 1. The molecule has 0 aliphatic carbocycles. The van der Waals surface area contributed by atoms with Crippen LogP contribution in [-0.2, 0) is 32.3 Å². The predicted molar refractivity (Wildman–Crippen MR) is 169 cm³/mol. The summed E-state index contributed by atoms with van der Waals surface area (Å²) in [5, 5.41) is 12.2. The average Bonchev–Trinajstić information content (AvgIpc) is 3.35. The van der Waals surface area contributed by atoms with Crippen molar-refractivity contribution in [3.8, 4) is 11.1 Å². The lowest BCUT2D eigenvalue weighted by molar-refractivity contribution is -0.139. The molecule has 2 N–H and O–H groups in total. The molecule has 1 amide bonds. The van der Waals surface area contributed by atoms with E-state index in [4.69, 9.17) is 4.74 Å². The molecule has 43 heavy (non-hydrogen) atoms. The largest absolute Gasteiger partial charge is 0.480 e. The van der Waals surface area contributed by atoms with E-state index in [9.17, 15) is 23.1 Å². The van der Waals surface area contributed by atoms with Gasteiger partial charge in [0.25, 0.3) is 5.91 Å². The van der Waals surface area contributed by atoms with Crippen molar-refractivity contribution in [1.29, 1.82) is 0 Å². The molecule has 0 spiro atoms. The second-order valence-electron chi connectivity index (χ2n) is 11.6. The Hall–Kier alpha value is -3.53. The Morgan fingerprint density at radius 3 is 2.42 bits per heavy atom. The third-order valence-electron chi connectivity index (χ3n) is 8.19. The lowest BCUT2D eigenvalue weighted by atomic mass is 9.93. The van der Waals surface area contributed by atoms with E-state index >= 15 is 0 Å². The van der Waals surface area contributed by atoms with Crippen molar-refractivity contribution >= 4 is 21.7 Å². The SMILES string of the molecule is COC[C@@H]1C[C@H](CCc2ccccc2)CN1Cc1ccc(C(=O)N[C@@H](CCS(C)(=O)=O)C(=O)O)c(-c2ccccc2C)c1. The molecule has 3 aromatic rings. The van der Waals surface area contributed by atoms with Crippen LogP contribution in [0.4, 0.5) is 0 Å². The molecule has 1 aliphatic heterocycles. The Balaban J connectivity index is 1.56. The minimum absolute atomic E-state index is 0.209. The van der Waals surface area contributed by atoms with Crippen LogP contribution < -0.4 is 5.32 Å². The van der Waals surface area contributed by atoms with Gasteiger partial charge in [-0.1, -0.05) is 60.7 Å². The Morgan fingerprint density at radius 1 is 1.02 bits per heavy atom. The summed E-state index contributed by atoms with van der Waals surface area (Å²) in [5.74, 6) is -1.60. The lowest BCUT2D eigenvalue weighted by Gasteiger charge is -2.24. The van der Waals surface area contributed by atoms with Gasteiger partial charge in [0.1, 0.15) is 15.9 Å². The summed E-state index contributed by atoms with van der Waals surface area (Å²) < 4.78 is 28.9. The molecule has 0 radical (unpaired) electrons. The first kappa shape index (κ1) is 32.4. The van der Waals surface area contributed by atoms with Gasteiger partial charge in [-0.15, -0.1) is 0 Å². The van der Waals surface area contributed by atoms with E-state index in [1.54, 1.807) is 13.2 Å². The molecular formula is C34H42N2O6S. The average molecular weight is 607 g/mol. The highest BCUT2D eigenvalue weighted by Crippen LogP contribution is 2.32. The first-order valence-electron chi connectivity index (χ1n) is 14.7. The third kappa shape index (κ3) is 9.23. The number of aryl methyl sites for hydroxylation is 2. The van der Waals surface area contributed by atoms with Crippen LogP contribution in [0.5, 0.6) is 0 Å². The number of rotatable bonds is 14. The molecule has 0 bridgehead atoms. The Kier molecular flexibility index (Phi) is 11.1. The minimum atomic E-state index is -3.39. The number of carbonyl (C=O) groups excluding carboxylic acids is 1. The van der Waals surface area contributed by atoms with Gasteiger partial charge in [-0.05, 0) is 78.5 Å². The van der Waals surface area contributed by atoms with Gasteiger partial charge in [0.2, 0.25) is 0 Å². The predicted octanol–water partition coefficient (Wildman–Crippen LogP) is 4.75. The van der Waals surface area contributed by atoms with Gasteiger partial charge in [-0.2, -0.15) is 0 Å². The molecule has 1 heterocycles. The van der Waals surface area contributed by atoms with Crippen molar-refractivity contribution in [1.82, 2.24) is 10.2 Å². The minimum Gasteiger partial charge on any atom is -0.480 e. The van der Waals surface area contributed by atoms with Crippen molar-refractivity contribution in [3.63, 3.8) is 0 Å². The standard InChI is InChI=1S/C34H42N2O6S/c1-24-9-7-8-12-29(24)31-20-27(15-16-30(31)33(37)35-32(34(38)39)17-18-43(3,40)41)22-36-21-26(19-28(36)23-42-2)14-13-25-10-5-4-6-11-25/h4-12,15-16,20,26,28,32H,13-14,17-19,21-23H2,1-3H3,(H,35,37)(H,38,39)/t26-,28-,32-/m0/s1. The first-order valence-corrected chi connectivity index (χ1v) is 16.8. The third-order valence-corrected chi connectivity index (χ3v) is 9.17. The maximum Gasteiger partial charge on any atom is 0.326 e. The smallest absolute Gasteiger partial charge is 0.326 e. The summed E-state index contributed by atoms with van der Waals surface area (Å²) in [4.78, 5) is 27.8. The van der Waals surface area contributed by atoms with Gasteiger partial charge in [-0.3, -0.25) is 9.69 Å². The summed E-state index contributed by atoms with van der Waals surface area (Å²) >= 11 is 0. The number of aliphatic carboxylic acids is 1. The van der Waals surface area contributed by atoms with Crippen LogP contribution >= 0.6 is 0 Å². The molecule has 1 aliphatic rings. The molecule has 1 fully saturated rings. The molecular weight excluding hydrogens is 564 g/mol. The number of amides is 1. The summed E-state index contributed by atoms with van der Waals surface area (Å²) in [6, 6.07) is 23.0. The zero-order chi connectivity index (χ0) is 31.0. The van der Waals surface area contributed by atoms with Crippen molar-refractivity contribution in [2.75, 3.05) is 32.3 Å². The number of hydrogen-bond donors (Lipinski definition) is 2. The molecule has 3 atom stereocenters.